The minimum Gasteiger partial charge on any atom is -0.310 e. The van der Waals surface area contributed by atoms with Gasteiger partial charge in [0.25, 0.3) is 0 Å². The van der Waals surface area contributed by atoms with Gasteiger partial charge in [0.15, 0.2) is 0 Å². The fourth-order valence-electron chi connectivity index (χ4n) is 13.2. The second-order valence-electron chi connectivity index (χ2n) is 20.1. The molecule has 2 atom stereocenters. The van der Waals surface area contributed by atoms with Crippen LogP contribution >= 0.6 is 0 Å². The predicted octanol–water partition coefficient (Wildman–Crippen LogP) is 17.5. The first-order valence-electron chi connectivity index (χ1n) is 24.8. The molecule has 67 heavy (non-hydrogen) atoms. The van der Waals surface area contributed by atoms with Gasteiger partial charge in [-0.25, -0.2) is 0 Å². The first-order valence-corrected chi connectivity index (χ1v) is 24.8. The lowest BCUT2D eigenvalue weighted by Crippen LogP contribution is -2.55. The molecule has 4 bridgehead atoms. The van der Waals surface area contributed by atoms with Gasteiger partial charge >= 0.3 is 0 Å². The highest BCUT2D eigenvalue weighted by atomic mass is 15.1. The van der Waals surface area contributed by atoms with Gasteiger partial charge in [-0.15, -0.1) is 0 Å². The SMILES string of the molecule is C=Cc1ccc(C23CC4CC(C2)CC(c2ccc(N(c5ccc(CCCC)cc5)c5ccc6c(c5)c5cc(N(c7ccccc7)c7ccccc7)ccc5n6-c5ccccc5)cc2)(C4)C3)cc1. The Balaban J connectivity index is 0.987. The molecule has 1 heterocycles. The van der Waals surface area contributed by atoms with Crippen molar-refractivity contribution in [3.63, 3.8) is 0 Å². The lowest BCUT2D eigenvalue weighted by atomic mass is 9.42. The number of benzene rings is 8. The van der Waals surface area contributed by atoms with Gasteiger partial charge in [0, 0.05) is 50.6 Å². The molecular formula is C64H59N3. The summed E-state index contributed by atoms with van der Waals surface area (Å²) in [5.41, 5.74) is 16.6. The Morgan fingerprint density at radius 1 is 0.507 bits per heavy atom. The Bertz CT molecular complexity index is 3130. The van der Waals surface area contributed by atoms with Crippen LogP contribution in [0.3, 0.4) is 0 Å². The van der Waals surface area contributed by atoms with Crippen LogP contribution in [-0.4, -0.2) is 4.57 Å². The summed E-state index contributed by atoms with van der Waals surface area (Å²) < 4.78 is 2.43. The van der Waals surface area contributed by atoms with Crippen LogP contribution in [0.2, 0.25) is 0 Å². The molecule has 330 valence electrons. The Hall–Kier alpha value is -7.10. The van der Waals surface area contributed by atoms with Crippen molar-refractivity contribution in [2.45, 2.75) is 75.5 Å². The molecule has 3 nitrogen and oxygen atoms in total. The number of para-hydroxylation sites is 3. The van der Waals surface area contributed by atoms with Gasteiger partial charge < -0.3 is 14.4 Å². The van der Waals surface area contributed by atoms with E-state index in [1.54, 1.807) is 5.56 Å². The number of anilines is 6. The number of hydrogen-bond donors (Lipinski definition) is 0. The van der Waals surface area contributed by atoms with Crippen LogP contribution in [-0.2, 0) is 17.3 Å². The normalized spacial score (nSPS) is 20.6. The largest absolute Gasteiger partial charge is 0.310 e. The van der Waals surface area contributed by atoms with E-state index in [2.05, 4.69) is 228 Å². The smallest absolute Gasteiger partial charge is 0.0542 e. The van der Waals surface area contributed by atoms with Crippen molar-refractivity contribution >= 4 is 62.0 Å². The van der Waals surface area contributed by atoms with Crippen molar-refractivity contribution in [2.24, 2.45) is 11.8 Å². The maximum absolute atomic E-state index is 4.04. The van der Waals surface area contributed by atoms with Crippen molar-refractivity contribution < 1.29 is 0 Å². The van der Waals surface area contributed by atoms with Gasteiger partial charge in [-0.1, -0.05) is 129 Å². The van der Waals surface area contributed by atoms with Crippen molar-refractivity contribution in [3.05, 3.63) is 229 Å². The zero-order valence-electron chi connectivity index (χ0n) is 38.7. The van der Waals surface area contributed by atoms with Crippen LogP contribution in [0.25, 0.3) is 33.6 Å². The molecule has 9 aromatic rings. The molecule has 2 unspecified atom stereocenters. The molecule has 1 aromatic heterocycles. The second kappa shape index (κ2) is 17.0. The molecule has 13 rings (SSSR count). The van der Waals surface area contributed by atoms with Crippen molar-refractivity contribution in [2.75, 3.05) is 9.80 Å². The number of aryl methyl sites for hydroxylation is 1. The quantitative estimate of drug-likeness (QED) is 0.114. The van der Waals surface area contributed by atoms with Gasteiger partial charge in [-0.05, 0) is 193 Å². The minimum absolute atomic E-state index is 0.217. The number of hydrogen-bond acceptors (Lipinski definition) is 2. The molecule has 4 aliphatic rings. The summed E-state index contributed by atoms with van der Waals surface area (Å²) in [5, 5.41) is 2.44. The van der Waals surface area contributed by atoms with E-state index < -0.39 is 0 Å². The first kappa shape index (κ1) is 41.3. The Kier molecular flexibility index (Phi) is 10.5. The third-order valence-electron chi connectivity index (χ3n) is 15.9. The Labute approximate surface area is 396 Å². The highest BCUT2D eigenvalue weighted by molar-refractivity contribution is 6.12. The molecule has 0 N–H and O–H groups in total. The van der Waals surface area contributed by atoms with Crippen molar-refractivity contribution in [3.8, 4) is 5.69 Å². The third kappa shape index (κ3) is 7.37. The third-order valence-corrected chi connectivity index (χ3v) is 15.9. The molecular weight excluding hydrogens is 811 g/mol. The molecule has 0 aliphatic heterocycles. The molecule has 0 amide bonds. The molecule has 0 saturated heterocycles. The fraction of sp³-hybridized carbons (Fsp3) is 0.219. The second-order valence-corrected chi connectivity index (χ2v) is 20.1. The van der Waals surface area contributed by atoms with E-state index in [9.17, 15) is 0 Å². The molecule has 0 spiro atoms. The highest BCUT2D eigenvalue weighted by Crippen LogP contribution is 2.66. The summed E-state index contributed by atoms with van der Waals surface area (Å²) in [6.07, 6.45) is 13.4. The van der Waals surface area contributed by atoms with Gasteiger partial charge in [0.05, 0.1) is 11.0 Å². The molecule has 8 aromatic carbocycles. The Morgan fingerprint density at radius 3 is 1.42 bits per heavy atom. The van der Waals surface area contributed by atoms with Crippen molar-refractivity contribution in [1.29, 1.82) is 0 Å². The van der Waals surface area contributed by atoms with E-state index in [4.69, 9.17) is 0 Å². The summed E-state index contributed by atoms with van der Waals surface area (Å²) in [5.74, 6) is 1.58. The zero-order chi connectivity index (χ0) is 45.0. The summed E-state index contributed by atoms with van der Waals surface area (Å²) in [4.78, 5) is 4.86. The maximum Gasteiger partial charge on any atom is 0.0542 e. The topological polar surface area (TPSA) is 11.4 Å². The van der Waals surface area contributed by atoms with Crippen LogP contribution in [0.1, 0.15) is 80.5 Å². The maximum atomic E-state index is 4.04. The summed E-state index contributed by atoms with van der Waals surface area (Å²) >= 11 is 0. The van der Waals surface area contributed by atoms with E-state index in [-0.39, 0.29) is 10.8 Å². The van der Waals surface area contributed by atoms with Gasteiger partial charge in [-0.2, -0.15) is 0 Å². The average Bonchev–Trinajstić information content (AvgIpc) is 3.70. The van der Waals surface area contributed by atoms with Crippen molar-refractivity contribution in [1.82, 2.24) is 4.57 Å². The Morgan fingerprint density at radius 2 is 0.940 bits per heavy atom. The van der Waals surface area contributed by atoms with E-state index >= 15 is 0 Å². The standard InChI is InChI=1S/C64H59N3/c1-3-5-15-47-24-30-55(31-25-47)66(56-32-28-51(29-33-56)64-43-48-38-49(44-64)42-63(41-48,45-64)50-26-22-46(4-2)23-27-50)58-35-37-62-60(40-58)59-39-57(34-36-61(59)67(62)54-20-13-8-14-21-54)65(52-16-9-6-10-17-52)53-18-11-7-12-19-53/h4,6-14,16-37,39-40,48-49H,2-3,5,15,38,41-45H2,1H3. The van der Waals surface area contributed by atoms with E-state index in [0.29, 0.717) is 0 Å². The monoisotopic (exact) mass is 869 g/mol. The number of unbranched alkanes of at least 4 members (excludes halogenated alkanes) is 1. The van der Waals surface area contributed by atoms with E-state index in [0.717, 1.165) is 46.7 Å². The fourth-order valence-corrected chi connectivity index (χ4v) is 13.2. The molecule has 4 saturated carbocycles. The van der Waals surface area contributed by atoms with Gasteiger partial charge in [0.2, 0.25) is 0 Å². The van der Waals surface area contributed by atoms with Gasteiger partial charge in [-0.3, -0.25) is 0 Å². The number of fused-ring (bicyclic) bond motifs is 3. The van der Waals surface area contributed by atoms with Crippen LogP contribution in [0.4, 0.5) is 34.1 Å². The number of rotatable bonds is 13. The zero-order valence-corrected chi connectivity index (χ0v) is 38.7. The van der Waals surface area contributed by atoms with Crippen LogP contribution in [0, 0.1) is 11.8 Å². The number of aromatic nitrogens is 1. The number of nitrogens with zero attached hydrogens (tertiary/aromatic N) is 3. The summed E-state index contributed by atoms with van der Waals surface area (Å²) in [6, 6.07) is 75.0. The minimum atomic E-state index is 0.217. The van der Waals surface area contributed by atoms with Crippen LogP contribution in [0.15, 0.2) is 207 Å². The summed E-state index contributed by atoms with van der Waals surface area (Å²) in [7, 11) is 0. The predicted molar refractivity (Wildman–Crippen MR) is 283 cm³/mol. The average molecular weight is 870 g/mol. The van der Waals surface area contributed by atoms with E-state index in [1.165, 1.54) is 101 Å². The van der Waals surface area contributed by atoms with Crippen LogP contribution < -0.4 is 9.80 Å². The molecule has 0 radical (unpaired) electrons. The van der Waals surface area contributed by atoms with Gasteiger partial charge in [0.1, 0.15) is 0 Å². The molecule has 4 aliphatic carbocycles. The molecule has 3 heteroatoms. The highest BCUT2D eigenvalue weighted by Gasteiger charge is 2.58. The lowest BCUT2D eigenvalue weighted by Gasteiger charge is -2.63. The first-order chi connectivity index (χ1) is 33.0. The lowest BCUT2D eigenvalue weighted by molar-refractivity contribution is -0.0281. The summed E-state index contributed by atoms with van der Waals surface area (Å²) in [6.45, 7) is 6.31. The van der Waals surface area contributed by atoms with E-state index in [1.807, 2.05) is 6.08 Å². The van der Waals surface area contributed by atoms with Crippen LogP contribution in [0.5, 0.6) is 0 Å². The molecule has 4 fully saturated rings.